The Labute approximate surface area is 137 Å². The van der Waals surface area contributed by atoms with E-state index in [1.54, 1.807) is 17.9 Å². The zero-order chi connectivity index (χ0) is 16.2. The van der Waals surface area contributed by atoms with Gasteiger partial charge in [-0.15, -0.1) is 0 Å². The number of aryl methyl sites for hydroxylation is 1. The van der Waals surface area contributed by atoms with Crippen LogP contribution in [0.3, 0.4) is 0 Å². The predicted molar refractivity (Wildman–Crippen MR) is 89.8 cm³/mol. The van der Waals surface area contributed by atoms with Crippen LogP contribution in [0.4, 0.5) is 0 Å². The summed E-state index contributed by atoms with van der Waals surface area (Å²) >= 11 is 0. The maximum Gasteiger partial charge on any atom is 0.242 e. The van der Waals surface area contributed by atoms with Gasteiger partial charge in [-0.25, -0.2) is 0 Å². The highest BCUT2D eigenvalue weighted by Gasteiger charge is 2.33. The van der Waals surface area contributed by atoms with E-state index in [1.807, 2.05) is 31.4 Å². The molecule has 2 N–H and O–H groups in total. The monoisotopic (exact) mass is 312 g/mol. The van der Waals surface area contributed by atoms with Crippen molar-refractivity contribution in [2.45, 2.75) is 31.3 Å². The van der Waals surface area contributed by atoms with E-state index in [-0.39, 0.29) is 18.0 Å². The summed E-state index contributed by atoms with van der Waals surface area (Å²) in [7, 11) is 3.66. The van der Waals surface area contributed by atoms with Crippen molar-refractivity contribution in [3.63, 3.8) is 0 Å². The number of likely N-dealkylation sites (N-methyl/N-ethyl adjacent to an activating group) is 1. The van der Waals surface area contributed by atoms with Crippen molar-refractivity contribution in [3.05, 3.63) is 53.9 Å². The fourth-order valence-corrected chi connectivity index (χ4v) is 3.01. The van der Waals surface area contributed by atoms with Gasteiger partial charge in [-0.1, -0.05) is 30.3 Å². The molecule has 1 heterocycles. The van der Waals surface area contributed by atoms with Gasteiger partial charge in [-0.2, -0.15) is 5.10 Å². The third kappa shape index (κ3) is 3.99. The van der Waals surface area contributed by atoms with Crippen LogP contribution in [-0.2, 0) is 18.3 Å². The topological polar surface area (TPSA) is 59.0 Å². The number of hydrogen-bond acceptors (Lipinski definition) is 3. The molecule has 1 saturated carbocycles. The number of nitrogens with one attached hydrogen (secondary N) is 2. The van der Waals surface area contributed by atoms with E-state index in [9.17, 15) is 4.79 Å². The molecule has 122 valence electrons. The van der Waals surface area contributed by atoms with E-state index < -0.39 is 0 Å². The summed E-state index contributed by atoms with van der Waals surface area (Å²) in [5.74, 6) is 0.624. The first-order valence-corrected chi connectivity index (χ1v) is 8.17. The number of nitrogens with zero attached hydrogens (tertiary/aromatic N) is 2. The van der Waals surface area contributed by atoms with Gasteiger partial charge in [-0.05, 0) is 37.8 Å². The maximum atomic E-state index is 12.7. The van der Waals surface area contributed by atoms with Crippen LogP contribution in [0, 0.1) is 5.92 Å². The molecule has 1 amide bonds. The lowest BCUT2D eigenvalue weighted by molar-refractivity contribution is -0.124. The quantitative estimate of drug-likeness (QED) is 0.820. The zero-order valence-corrected chi connectivity index (χ0v) is 13.7. The van der Waals surface area contributed by atoms with Crippen LogP contribution in [-0.4, -0.2) is 28.8 Å². The number of benzene rings is 1. The Kier molecular flexibility index (Phi) is 4.76. The van der Waals surface area contributed by atoms with Crippen LogP contribution in [0.1, 0.15) is 30.0 Å². The number of hydrogen-bond donors (Lipinski definition) is 2. The zero-order valence-electron chi connectivity index (χ0n) is 13.7. The van der Waals surface area contributed by atoms with Gasteiger partial charge in [0.1, 0.15) is 6.04 Å². The second-order valence-electron chi connectivity index (χ2n) is 6.31. The van der Waals surface area contributed by atoms with Gasteiger partial charge in [-0.3, -0.25) is 9.48 Å². The lowest BCUT2D eigenvalue weighted by atomic mass is 10.0. The van der Waals surface area contributed by atoms with Crippen molar-refractivity contribution in [1.29, 1.82) is 0 Å². The summed E-state index contributed by atoms with van der Waals surface area (Å²) < 4.78 is 1.72. The largest absolute Gasteiger partial charge is 0.351 e. The van der Waals surface area contributed by atoms with Crippen LogP contribution in [0.25, 0.3) is 0 Å². The molecule has 5 nitrogen and oxygen atoms in total. The standard InChI is InChI=1S/C18H24N4O/c1-19-17(15-11-20-22(2)12-15)18(23)21-16(14-8-9-14)10-13-6-4-3-5-7-13/h3-7,11-12,14,16-17,19H,8-10H2,1-2H3,(H,21,23). The smallest absolute Gasteiger partial charge is 0.242 e. The summed E-state index contributed by atoms with van der Waals surface area (Å²) in [5.41, 5.74) is 2.16. The van der Waals surface area contributed by atoms with Gasteiger partial charge in [0.15, 0.2) is 0 Å². The Morgan fingerprint density at radius 3 is 2.65 bits per heavy atom. The van der Waals surface area contributed by atoms with Gasteiger partial charge in [0.2, 0.25) is 5.91 Å². The molecule has 0 saturated heterocycles. The van der Waals surface area contributed by atoms with Crippen molar-refractivity contribution in [3.8, 4) is 0 Å². The van der Waals surface area contributed by atoms with Gasteiger partial charge in [0, 0.05) is 24.8 Å². The van der Waals surface area contributed by atoms with Crippen molar-refractivity contribution >= 4 is 5.91 Å². The van der Waals surface area contributed by atoms with Crippen LogP contribution >= 0.6 is 0 Å². The predicted octanol–water partition coefficient (Wildman–Crippen LogP) is 1.82. The first kappa shape index (κ1) is 15.7. The SMILES string of the molecule is CNC(C(=O)NC(Cc1ccccc1)C1CC1)c1cnn(C)c1. The molecule has 2 atom stereocenters. The fraction of sp³-hybridized carbons (Fsp3) is 0.444. The summed E-state index contributed by atoms with van der Waals surface area (Å²) in [4.78, 5) is 12.7. The minimum absolute atomic E-state index is 0.0216. The second-order valence-corrected chi connectivity index (χ2v) is 6.31. The van der Waals surface area contributed by atoms with E-state index in [0.717, 1.165) is 12.0 Å². The number of rotatable bonds is 7. The second kappa shape index (κ2) is 6.96. The summed E-state index contributed by atoms with van der Waals surface area (Å²) in [6, 6.07) is 10.2. The van der Waals surface area contributed by atoms with Crippen LogP contribution < -0.4 is 10.6 Å². The molecule has 0 bridgehead atoms. The van der Waals surface area contributed by atoms with Crippen molar-refractivity contribution in [1.82, 2.24) is 20.4 Å². The molecule has 1 aliphatic rings. The Bertz CT molecular complexity index is 648. The first-order valence-electron chi connectivity index (χ1n) is 8.17. The van der Waals surface area contributed by atoms with Gasteiger partial charge in [0.25, 0.3) is 0 Å². The molecule has 0 radical (unpaired) electrons. The Hall–Kier alpha value is -2.14. The third-order valence-electron chi connectivity index (χ3n) is 4.43. The molecular formula is C18H24N4O. The lowest BCUT2D eigenvalue weighted by Gasteiger charge is -2.22. The summed E-state index contributed by atoms with van der Waals surface area (Å²) in [6.45, 7) is 0. The van der Waals surface area contributed by atoms with Gasteiger partial charge in [0.05, 0.1) is 6.20 Å². The summed E-state index contributed by atoms with van der Waals surface area (Å²) in [6.07, 6.45) is 6.92. The molecule has 1 aliphatic carbocycles. The van der Waals surface area contributed by atoms with E-state index >= 15 is 0 Å². The fourth-order valence-electron chi connectivity index (χ4n) is 3.01. The minimum atomic E-state index is -0.360. The maximum absolute atomic E-state index is 12.7. The van der Waals surface area contributed by atoms with Gasteiger partial charge < -0.3 is 10.6 Å². The van der Waals surface area contributed by atoms with Crippen LogP contribution in [0.2, 0.25) is 0 Å². The molecule has 23 heavy (non-hydrogen) atoms. The molecule has 0 aliphatic heterocycles. The Morgan fingerprint density at radius 1 is 1.35 bits per heavy atom. The third-order valence-corrected chi connectivity index (χ3v) is 4.43. The van der Waals surface area contributed by atoms with Crippen molar-refractivity contribution < 1.29 is 4.79 Å². The molecular weight excluding hydrogens is 288 g/mol. The Balaban J connectivity index is 1.68. The normalized spacial score (nSPS) is 16.8. The van der Waals surface area contributed by atoms with Crippen molar-refractivity contribution in [2.75, 3.05) is 7.05 Å². The lowest BCUT2D eigenvalue weighted by Crippen LogP contribution is -2.43. The van der Waals surface area contributed by atoms with Crippen LogP contribution in [0.5, 0.6) is 0 Å². The Morgan fingerprint density at radius 2 is 2.09 bits per heavy atom. The number of amides is 1. The number of aromatic nitrogens is 2. The molecule has 0 spiro atoms. The van der Waals surface area contributed by atoms with Crippen LogP contribution in [0.15, 0.2) is 42.7 Å². The molecule has 1 aromatic carbocycles. The molecule has 1 aromatic heterocycles. The average Bonchev–Trinajstić information content (AvgIpc) is 3.31. The van der Waals surface area contributed by atoms with Gasteiger partial charge >= 0.3 is 0 Å². The molecule has 2 unspecified atom stereocenters. The van der Waals surface area contributed by atoms with E-state index in [1.165, 1.54) is 18.4 Å². The molecule has 5 heteroatoms. The molecule has 2 aromatic rings. The summed E-state index contributed by atoms with van der Waals surface area (Å²) in [5, 5.41) is 10.5. The highest BCUT2D eigenvalue weighted by Crippen LogP contribution is 2.34. The van der Waals surface area contributed by atoms with E-state index in [4.69, 9.17) is 0 Å². The van der Waals surface area contributed by atoms with E-state index in [2.05, 4.69) is 27.9 Å². The average molecular weight is 312 g/mol. The number of carbonyl (C=O) groups excluding carboxylic acids is 1. The molecule has 1 fully saturated rings. The minimum Gasteiger partial charge on any atom is -0.351 e. The highest BCUT2D eigenvalue weighted by atomic mass is 16.2. The van der Waals surface area contributed by atoms with Crippen molar-refractivity contribution in [2.24, 2.45) is 13.0 Å². The molecule has 3 rings (SSSR count). The highest BCUT2D eigenvalue weighted by molar-refractivity contribution is 5.83. The van der Waals surface area contributed by atoms with E-state index in [0.29, 0.717) is 5.92 Å². The number of carbonyl (C=O) groups is 1. The first-order chi connectivity index (χ1) is 11.2.